The van der Waals surface area contributed by atoms with Crippen LogP contribution in [0, 0.1) is 0 Å². The minimum atomic E-state index is 0.957. The smallest absolute Gasteiger partial charge is 0.102 e. The van der Waals surface area contributed by atoms with E-state index in [1.807, 2.05) is 25.9 Å². The van der Waals surface area contributed by atoms with Crippen molar-refractivity contribution in [1.82, 2.24) is 9.91 Å². The highest BCUT2D eigenvalue weighted by atomic mass is 15.4. The summed E-state index contributed by atoms with van der Waals surface area (Å²) in [6, 6.07) is 0. The molecule has 0 bridgehead atoms. The molecule has 0 heterocycles. The average Bonchev–Trinajstić information content (AvgIpc) is 2.31. The number of aliphatic imine (C=N–C) groups is 1. The van der Waals surface area contributed by atoms with E-state index >= 15 is 0 Å². The lowest BCUT2D eigenvalue weighted by atomic mass is 10.4. The van der Waals surface area contributed by atoms with Gasteiger partial charge in [0.2, 0.25) is 0 Å². The van der Waals surface area contributed by atoms with Crippen molar-refractivity contribution >= 4 is 12.1 Å². The van der Waals surface area contributed by atoms with Crippen LogP contribution in [-0.4, -0.2) is 43.1 Å². The monoisotopic (exact) mass is 224 g/mol. The Kier molecular flexibility index (Phi) is 12.1. The lowest BCUT2D eigenvalue weighted by Crippen LogP contribution is -2.19. The molecule has 0 N–H and O–H groups in total. The molecule has 16 heavy (non-hydrogen) atoms. The first-order valence-electron chi connectivity index (χ1n) is 5.22. The molecule has 0 aliphatic rings. The number of nitrogens with zero attached hydrogens (tertiary/aromatic N) is 4. The van der Waals surface area contributed by atoms with Gasteiger partial charge in [0, 0.05) is 40.0 Å². The highest BCUT2D eigenvalue weighted by Gasteiger charge is 1.95. The van der Waals surface area contributed by atoms with Crippen LogP contribution in [0.25, 0.3) is 0 Å². The zero-order chi connectivity index (χ0) is 13.0. The fourth-order valence-electron chi connectivity index (χ4n) is 0.900. The van der Waals surface area contributed by atoms with E-state index in [0.717, 1.165) is 12.3 Å². The van der Waals surface area contributed by atoms with Crippen LogP contribution >= 0.6 is 0 Å². The Hall–Kier alpha value is -1.58. The Balaban J connectivity index is 0. The van der Waals surface area contributed by atoms with Crippen LogP contribution < -0.4 is 0 Å². The lowest BCUT2D eigenvalue weighted by Gasteiger charge is -2.13. The number of hydrogen-bond acceptors (Lipinski definition) is 3. The second-order valence-corrected chi connectivity index (χ2v) is 2.92. The Morgan fingerprint density at radius 1 is 1.25 bits per heavy atom. The Labute approximate surface area is 99.7 Å². The second-order valence-electron chi connectivity index (χ2n) is 2.92. The van der Waals surface area contributed by atoms with Gasteiger partial charge in [0.1, 0.15) is 5.84 Å². The molecule has 0 atom stereocenters. The number of amidine groups is 1. The van der Waals surface area contributed by atoms with Gasteiger partial charge in [-0.2, -0.15) is 5.10 Å². The van der Waals surface area contributed by atoms with Crippen molar-refractivity contribution in [3.8, 4) is 0 Å². The summed E-state index contributed by atoms with van der Waals surface area (Å²) in [5.41, 5.74) is 0. The van der Waals surface area contributed by atoms with Crippen LogP contribution in [0.5, 0.6) is 0 Å². The maximum absolute atomic E-state index is 4.05. The first-order chi connectivity index (χ1) is 7.56. The molecule has 0 aromatic carbocycles. The zero-order valence-corrected chi connectivity index (χ0v) is 11.1. The predicted molar refractivity (Wildman–Crippen MR) is 73.7 cm³/mol. The summed E-state index contributed by atoms with van der Waals surface area (Å²) < 4.78 is 0. The van der Waals surface area contributed by atoms with E-state index in [2.05, 4.69) is 30.2 Å². The first kappa shape index (κ1) is 16.8. The van der Waals surface area contributed by atoms with E-state index in [-0.39, 0.29) is 0 Å². The van der Waals surface area contributed by atoms with Gasteiger partial charge in [-0.25, -0.2) is 0 Å². The fraction of sp³-hybridized carbons (Fsp3) is 0.500. The van der Waals surface area contributed by atoms with Crippen LogP contribution in [0.4, 0.5) is 0 Å². The SMILES string of the molecule is C=CN(C)/N=C\C.C=CN(C)C(CC)=NC. The third-order valence-corrected chi connectivity index (χ3v) is 1.82. The average molecular weight is 224 g/mol. The first-order valence-corrected chi connectivity index (χ1v) is 5.22. The molecule has 0 aromatic heterocycles. The van der Waals surface area contributed by atoms with E-state index in [1.165, 1.54) is 0 Å². The van der Waals surface area contributed by atoms with Crippen LogP contribution in [0.3, 0.4) is 0 Å². The summed E-state index contributed by atoms with van der Waals surface area (Å²) in [4.78, 5) is 5.97. The van der Waals surface area contributed by atoms with Crippen LogP contribution in [0.2, 0.25) is 0 Å². The molecule has 4 heteroatoms. The molecular weight excluding hydrogens is 200 g/mol. The fourth-order valence-corrected chi connectivity index (χ4v) is 0.900. The van der Waals surface area contributed by atoms with Crippen LogP contribution in [0.1, 0.15) is 20.3 Å². The van der Waals surface area contributed by atoms with Crippen LogP contribution in [-0.2, 0) is 0 Å². The number of hydrogen-bond donors (Lipinski definition) is 0. The van der Waals surface area contributed by atoms with Gasteiger partial charge in [-0.05, 0) is 13.1 Å². The molecule has 92 valence electrons. The third kappa shape index (κ3) is 8.99. The van der Waals surface area contributed by atoms with Crippen molar-refractivity contribution in [1.29, 1.82) is 0 Å². The van der Waals surface area contributed by atoms with Crippen molar-refractivity contribution in [3.05, 3.63) is 25.6 Å². The zero-order valence-electron chi connectivity index (χ0n) is 11.1. The maximum atomic E-state index is 4.05. The summed E-state index contributed by atoms with van der Waals surface area (Å²) in [5, 5.41) is 5.47. The Morgan fingerprint density at radius 3 is 1.94 bits per heavy atom. The molecule has 0 aromatic rings. The van der Waals surface area contributed by atoms with E-state index in [4.69, 9.17) is 0 Å². The predicted octanol–water partition coefficient (Wildman–Crippen LogP) is 2.57. The normalized spacial score (nSPS) is 10.4. The third-order valence-electron chi connectivity index (χ3n) is 1.82. The molecule has 0 saturated carbocycles. The molecule has 0 radical (unpaired) electrons. The molecule has 0 aliphatic heterocycles. The Bertz CT molecular complexity index is 243. The molecule has 0 saturated heterocycles. The van der Waals surface area contributed by atoms with Crippen molar-refractivity contribution < 1.29 is 0 Å². The maximum Gasteiger partial charge on any atom is 0.102 e. The van der Waals surface area contributed by atoms with Crippen LogP contribution in [0.15, 0.2) is 35.7 Å². The molecule has 0 unspecified atom stereocenters. The lowest BCUT2D eigenvalue weighted by molar-refractivity contribution is 0.494. The van der Waals surface area contributed by atoms with Gasteiger partial charge >= 0.3 is 0 Å². The largest absolute Gasteiger partial charge is 0.340 e. The summed E-state index contributed by atoms with van der Waals surface area (Å²) in [6.45, 7) is 11.0. The van der Waals surface area contributed by atoms with E-state index in [9.17, 15) is 0 Å². The van der Waals surface area contributed by atoms with Gasteiger partial charge in [-0.1, -0.05) is 20.1 Å². The van der Waals surface area contributed by atoms with Gasteiger partial charge in [0.25, 0.3) is 0 Å². The van der Waals surface area contributed by atoms with E-state index < -0.39 is 0 Å². The molecule has 0 spiro atoms. The molecule has 0 amide bonds. The van der Waals surface area contributed by atoms with Crippen molar-refractivity contribution in [3.63, 3.8) is 0 Å². The standard InChI is InChI=1S/C7H14N2.C5H10N2/c1-5-7(8-3)9(4)6-2;1-4-6-7(3)5-2/h6H,2,5H2,1,3-4H3;4-5H,2H2,1,3H3/b;6-4-. The van der Waals surface area contributed by atoms with Gasteiger partial charge in [0.15, 0.2) is 0 Å². The topological polar surface area (TPSA) is 31.2 Å². The molecule has 0 rings (SSSR count). The summed E-state index contributed by atoms with van der Waals surface area (Å²) >= 11 is 0. The van der Waals surface area contributed by atoms with Gasteiger partial charge < -0.3 is 4.90 Å². The minimum Gasteiger partial charge on any atom is -0.340 e. The van der Waals surface area contributed by atoms with Crippen molar-refractivity contribution in [2.24, 2.45) is 10.1 Å². The summed E-state index contributed by atoms with van der Waals surface area (Å²) in [7, 11) is 5.56. The highest BCUT2D eigenvalue weighted by molar-refractivity contribution is 5.82. The van der Waals surface area contributed by atoms with E-state index in [1.54, 1.807) is 30.7 Å². The van der Waals surface area contributed by atoms with Gasteiger partial charge in [-0.15, -0.1) is 0 Å². The second kappa shape index (κ2) is 11.5. The molecule has 0 fully saturated rings. The van der Waals surface area contributed by atoms with Crippen molar-refractivity contribution in [2.75, 3.05) is 21.1 Å². The van der Waals surface area contributed by atoms with Gasteiger partial charge in [0.05, 0.1) is 0 Å². The number of hydrazone groups is 1. The van der Waals surface area contributed by atoms with Gasteiger partial charge in [-0.3, -0.25) is 10.0 Å². The Morgan fingerprint density at radius 2 is 1.81 bits per heavy atom. The summed E-state index contributed by atoms with van der Waals surface area (Å²) in [5.74, 6) is 1.06. The molecule has 0 aliphatic carbocycles. The number of rotatable bonds is 4. The molecular formula is C12H24N4. The van der Waals surface area contributed by atoms with E-state index in [0.29, 0.717) is 0 Å². The summed E-state index contributed by atoms with van der Waals surface area (Å²) in [6.07, 6.45) is 6.06. The quantitative estimate of drug-likeness (QED) is 0.417. The molecule has 4 nitrogen and oxygen atoms in total. The van der Waals surface area contributed by atoms with Crippen molar-refractivity contribution in [2.45, 2.75) is 20.3 Å². The minimum absolute atomic E-state index is 0.957. The highest BCUT2D eigenvalue weighted by Crippen LogP contribution is 1.91.